The third-order valence-electron chi connectivity index (χ3n) is 5.90. The molecule has 0 fully saturated rings. The van der Waals surface area contributed by atoms with Crippen LogP contribution in [0.1, 0.15) is 42.3 Å². The Morgan fingerprint density at radius 1 is 0.750 bits per heavy atom. The molecule has 4 rings (SSSR count). The van der Waals surface area contributed by atoms with E-state index in [9.17, 15) is 9.59 Å². The summed E-state index contributed by atoms with van der Waals surface area (Å²) in [6, 6.07) is 28.7. The molecule has 0 bridgehead atoms. The molecule has 3 N–H and O–H groups in total. The highest BCUT2D eigenvalue weighted by atomic mass is 32.1. The van der Waals surface area contributed by atoms with Gasteiger partial charge in [-0.2, -0.15) is 0 Å². The van der Waals surface area contributed by atoms with Gasteiger partial charge in [0.1, 0.15) is 0 Å². The number of hydrogen-bond donors (Lipinski definition) is 3. The van der Waals surface area contributed by atoms with Crippen LogP contribution in [0.3, 0.4) is 0 Å². The van der Waals surface area contributed by atoms with Crippen LogP contribution in [0, 0.1) is 0 Å². The first-order chi connectivity index (χ1) is 17.2. The Kier molecular flexibility index (Phi) is 7.46. The van der Waals surface area contributed by atoms with Crippen molar-refractivity contribution < 1.29 is 9.59 Å². The van der Waals surface area contributed by atoms with E-state index in [0.717, 1.165) is 16.3 Å². The molecule has 0 heterocycles. The Balaban J connectivity index is 1.30. The number of fused-ring (bicyclic) bond motifs is 1. The van der Waals surface area contributed by atoms with Crippen molar-refractivity contribution in [1.29, 1.82) is 0 Å². The Bertz CT molecular complexity index is 1400. The minimum Gasteiger partial charge on any atom is -0.332 e. The van der Waals surface area contributed by atoms with Gasteiger partial charge in [-0.05, 0) is 75.9 Å². The van der Waals surface area contributed by atoms with Crippen molar-refractivity contribution in [3.8, 4) is 0 Å². The lowest BCUT2D eigenvalue weighted by atomic mass is 9.87. The van der Waals surface area contributed by atoms with Gasteiger partial charge in [-0.25, -0.2) is 0 Å². The second-order valence-electron chi connectivity index (χ2n) is 9.68. The molecule has 0 aliphatic rings. The highest BCUT2D eigenvalue weighted by Gasteiger charge is 2.14. The molecule has 4 aromatic carbocycles. The summed E-state index contributed by atoms with van der Waals surface area (Å²) >= 11 is 5.31. The summed E-state index contributed by atoms with van der Waals surface area (Å²) in [5.74, 6) is -0.363. The lowest BCUT2D eigenvalue weighted by Crippen LogP contribution is -2.35. The molecule has 4 aromatic rings. The SMILES string of the molecule is CC(C)(C)c1ccc(C(=O)Nc2ccc(NC(=S)NC(=O)Cc3cccc4ccccc34)cc2)cc1. The van der Waals surface area contributed by atoms with E-state index in [0.29, 0.717) is 16.9 Å². The van der Waals surface area contributed by atoms with Gasteiger partial charge >= 0.3 is 0 Å². The van der Waals surface area contributed by atoms with Crippen molar-refractivity contribution in [1.82, 2.24) is 5.32 Å². The summed E-state index contributed by atoms with van der Waals surface area (Å²) in [4.78, 5) is 25.2. The van der Waals surface area contributed by atoms with Crippen molar-refractivity contribution in [3.63, 3.8) is 0 Å². The maximum Gasteiger partial charge on any atom is 0.255 e. The zero-order valence-corrected chi connectivity index (χ0v) is 21.4. The van der Waals surface area contributed by atoms with Crippen LogP contribution in [0.2, 0.25) is 0 Å². The molecule has 0 aromatic heterocycles. The fraction of sp³-hybridized carbons (Fsp3) is 0.167. The maximum atomic E-state index is 12.6. The van der Waals surface area contributed by atoms with Crippen molar-refractivity contribution in [2.45, 2.75) is 32.6 Å². The van der Waals surface area contributed by atoms with Crippen LogP contribution in [0.5, 0.6) is 0 Å². The highest BCUT2D eigenvalue weighted by molar-refractivity contribution is 7.80. The van der Waals surface area contributed by atoms with Crippen LogP contribution in [-0.2, 0) is 16.6 Å². The zero-order chi connectivity index (χ0) is 25.7. The summed E-state index contributed by atoms with van der Waals surface area (Å²) < 4.78 is 0. The molecule has 182 valence electrons. The van der Waals surface area contributed by atoms with Crippen molar-refractivity contribution in [2.24, 2.45) is 0 Å². The first kappa shape index (κ1) is 25.1. The third kappa shape index (κ3) is 6.34. The molecule has 0 aliphatic heterocycles. The van der Waals surface area contributed by atoms with E-state index in [-0.39, 0.29) is 28.8 Å². The lowest BCUT2D eigenvalue weighted by molar-refractivity contribution is -0.119. The summed E-state index contributed by atoms with van der Waals surface area (Å²) in [7, 11) is 0. The van der Waals surface area contributed by atoms with Crippen molar-refractivity contribution in [3.05, 3.63) is 108 Å². The smallest absolute Gasteiger partial charge is 0.255 e. The number of thiocarbonyl (C=S) groups is 1. The van der Waals surface area contributed by atoms with Gasteiger partial charge in [-0.3, -0.25) is 9.59 Å². The molecular formula is C30H29N3O2S. The summed E-state index contributed by atoms with van der Waals surface area (Å²) in [5, 5.41) is 11.0. The van der Waals surface area contributed by atoms with Gasteiger partial charge in [0.05, 0.1) is 6.42 Å². The molecule has 0 aliphatic carbocycles. The molecular weight excluding hydrogens is 466 g/mol. The standard InChI is InChI=1S/C30H29N3O2S/c1-30(2,3)23-13-11-21(12-14-23)28(35)31-24-15-17-25(18-16-24)32-29(36)33-27(34)19-22-9-6-8-20-7-4-5-10-26(20)22/h4-18H,19H2,1-3H3,(H,31,35)(H2,32,33,34,36). The predicted molar refractivity (Wildman–Crippen MR) is 152 cm³/mol. The maximum absolute atomic E-state index is 12.6. The molecule has 0 radical (unpaired) electrons. The number of rotatable bonds is 5. The Hall–Kier alpha value is -4.03. The molecule has 2 amide bonds. The number of amides is 2. The fourth-order valence-corrected chi connectivity index (χ4v) is 4.15. The average Bonchev–Trinajstić information content (AvgIpc) is 2.85. The first-order valence-electron chi connectivity index (χ1n) is 11.8. The van der Waals surface area contributed by atoms with Gasteiger partial charge < -0.3 is 16.0 Å². The zero-order valence-electron chi connectivity index (χ0n) is 20.6. The average molecular weight is 496 g/mol. The van der Waals surface area contributed by atoms with Crippen LogP contribution in [-0.4, -0.2) is 16.9 Å². The minimum atomic E-state index is -0.190. The van der Waals surface area contributed by atoms with Crippen molar-refractivity contribution >= 4 is 51.3 Å². The summed E-state index contributed by atoms with van der Waals surface area (Å²) in [5.41, 5.74) is 4.12. The predicted octanol–water partition coefficient (Wildman–Crippen LogP) is 6.45. The number of carbonyl (C=O) groups is 2. The summed E-state index contributed by atoms with van der Waals surface area (Å²) in [6.45, 7) is 6.42. The van der Waals surface area contributed by atoms with Crippen LogP contribution in [0.4, 0.5) is 11.4 Å². The van der Waals surface area contributed by atoms with E-state index in [1.165, 1.54) is 5.56 Å². The quantitative estimate of drug-likeness (QED) is 0.279. The number of benzene rings is 4. The molecule has 36 heavy (non-hydrogen) atoms. The second-order valence-corrected chi connectivity index (χ2v) is 10.1. The van der Waals surface area contributed by atoms with E-state index in [1.54, 1.807) is 24.3 Å². The van der Waals surface area contributed by atoms with Gasteiger partial charge in [-0.1, -0.05) is 75.4 Å². The number of anilines is 2. The Morgan fingerprint density at radius 2 is 1.36 bits per heavy atom. The number of nitrogens with one attached hydrogen (secondary N) is 3. The summed E-state index contributed by atoms with van der Waals surface area (Å²) in [6.07, 6.45) is 0.227. The molecule has 0 atom stereocenters. The molecule has 0 saturated carbocycles. The fourth-order valence-electron chi connectivity index (χ4n) is 3.91. The topological polar surface area (TPSA) is 70.2 Å². The molecule has 0 spiro atoms. The normalized spacial score (nSPS) is 11.1. The third-order valence-corrected chi connectivity index (χ3v) is 6.10. The van der Waals surface area contributed by atoms with Crippen LogP contribution in [0.25, 0.3) is 10.8 Å². The van der Waals surface area contributed by atoms with Crippen LogP contribution in [0.15, 0.2) is 91.0 Å². The van der Waals surface area contributed by atoms with E-state index in [4.69, 9.17) is 12.2 Å². The van der Waals surface area contributed by atoms with Gasteiger partial charge in [0, 0.05) is 16.9 Å². The molecule has 5 nitrogen and oxygen atoms in total. The Morgan fingerprint density at radius 3 is 2.03 bits per heavy atom. The van der Waals surface area contributed by atoms with E-state index >= 15 is 0 Å². The Labute approximate surface area is 216 Å². The molecule has 6 heteroatoms. The van der Waals surface area contributed by atoms with Gasteiger partial charge in [0.25, 0.3) is 5.91 Å². The first-order valence-corrected chi connectivity index (χ1v) is 12.2. The van der Waals surface area contributed by atoms with Crippen LogP contribution < -0.4 is 16.0 Å². The highest BCUT2D eigenvalue weighted by Crippen LogP contribution is 2.23. The van der Waals surface area contributed by atoms with Gasteiger partial charge in [0.15, 0.2) is 5.11 Å². The van der Waals surface area contributed by atoms with E-state index in [1.807, 2.05) is 66.7 Å². The lowest BCUT2D eigenvalue weighted by Gasteiger charge is -2.19. The minimum absolute atomic E-state index is 0.0355. The molecule has 0 saturated heterocycles. The number of carbonyl (C=O) groups excluding carboxylic acids is 2. The van der Waals surface area contributed by atoms with E-state index in [2.05, 4.69) is 36.7 Å². The van der Waals surface area contributed by atoms with Crippen molar-refractivity contribution in [2.75, 3.05) is 10.6 Å². The van der Waals surface area contributed by atoms with Gasteiger partial charge in [-0.15, -0.1) is 0 Å². The largest absolute Gasteiger partial charge is 0.332 e. The number of hydrogen-bond acceptors (Lipinski definition) is 3. The van der Waals surface area contributed by atoms with Crippen LogP contribution >= 0.6 is 12.2 Å². The second kappa shape index (κ2) is 10.7. The monoisotopic (exact) mass is 495 g/mol. The van der Waals surface area contributed by atoms with E-state index < -0.39 is 0 Å². The van der Waals surface area contributed by atoms with Gasteiger partial charge in [0.2, 0.25) is 5.91 Å². The molecule has 0 unspecified atom stereocenters.